The number of nitrogens with zero attached hydrogens (tertiary/aromatic N) is 3. The maximum Gasteiger partial charge on any atom is 0.126 e. The molecule has 0 spiro atoms. The van der Waals surface area contributed by atoms with Crippen molar-refractivity contribution in [2.75, 3.05) is 4.53 Å². The van der Waals surface area contributed by atoms with Crippen LogP contribution in [0, 0.1) is 11.3 Å². The summed E-state index contributed by atoms with van der Waals surface area (Å²) in [6.45, 7) is 0. The van der Waals surface area contributed by atoms with E-state index >= 15 is 0 Å². The summed E-state index contributed by atoms with van der Waals surface area (Å²) in [7, 11) is 0. The maximum atomic E-state index is 8.18. The molecule has 0 atom stereocenters. The SMILES string of the molecule is N#CC=NN(Cl)c1ccccc1. The van der Waals surface area contributed by atoms with Gasteiger partial charge in [0.05, 0.1) is 5.69 Å². The van der Waals surface area contributed by atoms with E-state index in [1.807, 2.05) is 18.2 Å². The molecule has 0 fully saturated rings. The summed E-state index contributed by atoms with van der Waals surface area (Å²) in [5.41, 5.74) is 0.727. The van der Waals surface area contributed by atoms with Gasteiger partial charge < -0.3 is 0 Å². The first-order valence-electron chi connectivity index (χ1n) is 3.27. The van der Waals surface area contributed by atoms with E-state index in [-0.39, 0.29) is 0 Å². The minimum atomic E-state index is 0.727. The summed E-state index contributed by atoms with van der Waals surface area (Å²) in [6, 6.07) is 10.9. The molecule has 0 saturated heterocycles. The van der Waals surface area contributed by atoms with Gasteiger partial charge in [0.2, 0.25) is 0 Å². The van der Waals surface area contributed by atoms with E-state index in [9.17, 15) is 0 Å². The van der Waals surface area contributed by atoms with Crippen LogP contribution in [0.15, 0.2) is 35.4 Å². The molecule has 0 unspecified atom stereocenters. The normalized spacial score (nSPS) is 9.67. The standard InChI is InChI=1S/C8H6ClN3/c9-12(11-7-6-10)8-4-2-1-3-5-8/h1-5,7H. The molecule has 0 radical (unpaired) electrons. The predicted molar refractivity (Wildman–Crippen MR) is 48.9 cm³/mol. The van der Waals surface area contributed by atoms with Crippen molar-refractivity contribution in [2.24, 2.45) is 5.10 Å². The lowest BCUT2D eigenvalue weighted by Crippen LogP contribution is -1.99. The first-order valence-corrected chi connectivity index (χ1v) is 3.61. The molecule has 0 amide bonds. The average Bonchev–Trinajstić information content (AvgIpc) is 2.15. The van der Waals surface area contributed by atoms with Gasteiger partial charge in [0, 0.05) is 11.8 Å². The minimum Gasteiger partial charge on any atom is -0.191 e. The van der Waals surface area contributed by atoms with Gasteiger partial charge >= 0.3 is 0 Å². The minimum absolute atomic E-state index is 0.727. The number of rotatable bonds is 2. The van der Waals surface area contributed by atoms with E-state index in [0.717, 1.165) is 16.4 Å². The molecule has 12 heavy (non-hydrogen) atoms. The van der Waals surface area contributed by atoms with Crippen LogP contribution in [-0.4, -0.2) is 6.21 Å². The Morgan fingerprint density at radius 1 is 1.42 bits per heavy atom. The van der Waals surface area contributed by atoms with E-state index in [1.165, 1.54) is 0 Å². The molecular weight excluding hydrogens is 174 g/mol. The summed E-state index contributed by atoms with van der Waals surface area (Å²) in [4.78, 5) is 0. The molecule has 1 rings (SSSR count). The Balaban J connectivity index is 2.73. The molecule has 1 aromatic rings. The quantitative estimate of drug-likeness (QED) is 0.397. The Hall–Kier alpha value is -1.53. The first kappa shape index (κ1) is 8.57. The Morgan fingerprint density at radius 2 is 2.08 bits per heavy atom. The highest BCUT2D eigenvalue weighted by Crippen LogP contribution is 2.14. The van der Waals surface area contributed by atoms with Crippen molar-refractivity contribution < 1.29 is 0 Å². The average molecular weight is 180 g/mol. The van der Waals surface area contributed by atoms with Gasteiger partial charge in [0.1, 0.15) is 12.3 Å². The van der Waals surface area contributed by atoms with Gasteiger partial charge in [-0.15, -0.1) is 0 Å². The second kappa shape index (κ2) is 4.37. The van der Waals surface area contributed by atoms with Crippen LogP contribution in [0.5, 0.6) is 0 Å². The number of benzene rings is 1. The van der Waals surface area contributed by atoms with Crippen molar-refractivity contribution in [3.05, 3.63) is 30.3 Å². The Labute approximate surface area is 75.6 Å². The first-order chi connectivity index (χ1) is 5.84. The molecule has 0 aliphatic rings. The van der Waals surface area contributed by atoms with Gasteiger partial charge in [0.15, 0.2) is 0 Å². The van der Waals surface area contributed by atoms with Crippen LogP contribution >= 0.6 is 11.8 Å². The zero-order valence-electron chi connectivity index (χ0n) is 6.18. The molecule has 0 aromatic heterocycles. The monoisotopic (exact) mass is 179 g/mol. The van der Waals surface area contributed by atoms with Crippen LogP contribution in [0.1, 0.15) is 0 Å². The number of halogens is 1. The lowest BCUT2D eigenvalue weighted by Gasteiger charge is -2.06. The third kappa shape index (κ3) is 2.26. The summed E-state index contributed by atoms with van der Waals surface area (Å²) >= 11 is 5.67. The lowest BCUT2D eigenvalue weighted by atomic mass is 10.3. The topological polar surface area (TPSA) is 39.4 Å². The summed E-state index contributed by atoms with van der Waals surface area (Å²) in [5, 5.41) is 11.8. The second-order valence-corrected chi connectivity index (χ2v) is 2.29. The van der Waals surface area contributed by atoms with Crippen LogP contribution in [0.25, 0.3) is 0 Å². The predicted octanol–water partition coefficient (Wildman–Crippen LogP) is 2.16. The molecule has 0 aliphatic heterocycles. The number of hydrogen-bond donors (Lipinski definition) is 0. The molecular formula is C8H6ClN3. The number of nitriles is 1. The van der Waals surface area contributed by atoms with Gasteiger partial charge in [-0.05, 0) is 12.1 Å². The van der Waals surface area contributed by atoms with Gasteiger partial charge in [-0.25, -0.2) is 0 Å². The molecule has 0 bridgehead atoms. The Bertz CT molecular complexity index is 302. The fourth-order valence-corrected chi connectivity index (χ4v) is 0.851. The van der Waals surface area contributed by atoms with Crippen LogP contribution in [0.2, 0.25) is 0 Å². The maximum absolute atomic E-state index is 8.18. The summed E-state index contributed by atoms with van der Waals surface area (Å²) in [5.74, 6) is 0. The molecule has 0 N–H and O–H groups in total. The number of anilines is 1. The third-order valence-electron chi connectivity index (χ3n) is 1.19. The van der Waals surface area contributed by atoms with Gasteiger partial charge in [-0.1, -0.05) is 18.2 Å². The Kier molecular flexibility index (Phi) is 3.12. The summed E-state index contributed by atoms with van der Waals surface area (Å²) < 4.78 is 1.11. The van der Waals surface area contributed by atoms with Crippen LogP contribution in [0.4, 0.5) is 5.69 Å². The van der Waals surface area contributed by atoms with Gasteiger partial charge in [0.25, 0.3) is 0 Å². The molecule has 3 nitrogen and oxygen atoms in total. The van der Waals surface area contributed by atoms with Gasteiger partial charge in [-0.3, -0.25) is 0 Å². The molecule has 0 heterocycles. The molecule has 4 heteroatoms. The zero-order chi connectivity index (χ0) is 8.81. The summed E-state index contributed by atoms with van der Waals surface area (Å²) in [6.07, 6.45) is 1.07. The highest BCUT2D eigenvalue weighted by Gasteiger charge is 1.96. The van der Waals surface area contributed by atoms with Crippen molar-refractivity contribution in [3.8, 4) is 6.07 Å². The van der Waals surface area contributed by atoms with Gasteiger partial charge in [-0.2, -0.15) is 14.9 Å². The van der Waals surface area contributed by atoms with Crippen LogP contribution < -0.4 is 4.53 Å². The Morgan fingerprint density at radius 3 is 2.67 bits per heavy atom. The van der Waals surface area contributed by atoms with Crippen LogP contribution in [-0.2, 0) is 0 Å². The van der Waals surface area contributed by atoms with Crippen LogP contribution in [0.3, 0.4) is 0 Å². The molecule has 0 saturated carbocycles. The number of hydrazone groups is 1. The molecule has 1 aromatic carbocycles. The molecule has 0 aliphatic carbocycles. The van der Waals surface area contributed by atoms with Crippen molar-refractivity contribution in [1.82, 2.24) is 0 Å². The fraction of sp³-hybridized carbons (Fsp3) is 0. The molecule has 60 valence electrons. The van der Waals surface area contributed by atoms with E-state index in [4.69, 9.17) is 17.0 Å². The third-order valence-corrected chi connectivity index (χ3v) is 1.47. The van der Waals surface area contributed by atoms with Crippen molar-refractivity contribution >= 4 is 23.7 Å². The highest BCUT2D eigenvalue weighted by atomic mass is 35.5. The van der Waals surface area contributed by atoms with Crippen molar-refractivity contribution in [1.29, 1.82) is 5.26 Å². The van der Waals surface area contributed by atoms with E-state index < -0.39 is 0 Å². The van der Waals surface area contributed by atoms with Crippen molar-refractivity contribution in [2.45, 2.75) is 0 Å². The largest absolute Gasteiger partial charge is 0.191 e. The van der Waals surface area contributed by atoms with E-state index in [1.54, 1.807) is 18.2 Å². The van der Waals surface area contributed by atoms with E-state index in [2.05, 4.69) is 5.10 Å². The zero-order valence-corrected chi connectivity index (χ0v) is 6.94. The second-order valence-electron chi connectivity index (χ2n) is 1.97. The van der Waals surface area contributed by atoms with Crippen molar-refractivity contribution in [3.63, 3.8) is 0 Å². The fourth-order valence-electron chi connectivity index (χ4n) is 0.694. The lowest BCUT2D eigenvalue weighted by molar-refractivity contribution is 1.20. The number of hydrogen-bond acceptors (Lipinski definition) is 3. The smallest absolute Gasteiger partial charge is 0.126 e. The number of para-hydroxylation sites is 1. The highest BCUT2D eigenvalue weighted by molar-refractivity contribution is 6.25. The van der Waals surface area contributed by atoms with E-state index in [0.29, 0.717) is 0 Å².